The quantitative estimate of drug-likeness (QED) is 0.630. The Morgan fingerprint density at radius 1 is 1.29 bits per heavy atom. The minimum atomic E-state index is -0.125. The fourth-order valence-electron chi connectivity index (χ4n) is 2.77. The number of methoxy groups -OCH3 is 1. The topological polar surface area (TPSA) is 55.3 Å². The monoisotopic (exact) mass is 305 g/mol. The van der Waals surface area contributed by atoms with E-state index in [2.05, 4.69) is 14.9 Å². The van der Waals surface area contributed by atoms with Gasteiger partial charge in [0.05, 0.1) is 18.5 Å². The van der Waals surface area contributed by atoms with E-state index in [-0.39, 0.29) is 17.2 Å². The van der Waals surface area contributed by atoms with Gasteiger partial charge in [0.1, 0.15) is 5.82 Å². The highest BCUT2D eigenvalue weighted by Crippen LogP contribution is 2.29. The van der Waals surface area contributed by atoms with Crippen LogP contribution in [0.2, 0.25) is 5.28 Å². The number of piperidine rings is 1. The summed E-state index contributed by atoms with van der Waals surface area (Å²) in [6.07, 6.45) is 1.53. The predicted molar refractivity (Wildman–Crippen MR) is 81.5 cm³/mol. The van der Waals surface area contributed by atoms with Crippen molar-refractivity contribution in [1.29, 1.82) is 0 Å². The molecule has 1 fully saturated rings. The van der Waals surface area contributed by atoms with Crippen LogP contribution in [-0.4, -0.2) is 36.1 Å². The van der Waals surface area contributed by atoms with Crippen LogP contribution in [0.3, 0.4) is 0 Å². The lowest BCUT2D eigenvalue weighted by atomic mass is 9.97. The van der Waals surface area contributed by atoms with Crippen molar-refractivity contribution >= 4 is 34.3 Å². The standard InChI is InChI=1S/C15H16ClN3O2/c1-21-14(20)10-6-8-19(9-7-10)13-11-4-2-3-5-12(11)17-15(16)18-13/h2-5,10H,6-9H2,1H3. The molecular formula is C15H16ClN3O2. The molecule has 110 valence electrons. The van der Waals surface area contributed by atoms with Crippen molar-refractivity contribution in [3.8, 4) is 0 Å². The minimum Gasteiger partial charge on any atom is -0.469 e. The van der Waals surface area contributed by atoms with E-state index < -0.39 is 0 Å². The number of rotatable bonds is 2. The lowest BCUT2D eigenvalue weighted by molar-refractivity contribution is -0.146. The maximum Gasteiger partial charge on any atom is 0.308 e. The van der Waals surface area contributed by atoms with Crippen LogP contribution in [0.25, 0.3) is 10.9 Å². The van der Waals surface area contributed by atoms with Gasteiger partial charge in [-0.1, -0.05) is 12.1 Å². The third-order valence-electron chi connectivity index (χ3n) is 3.88. The number of hydrogen-bond donors (Lipinski definition) is 0. The molecule has 1 aromatic carbocycles. The number of carbonyl (C=O) groups excluding carboxylic acids is 1. The fraction of sp³-hybridized carbons (Fsp3) is 0.400. The molecule has 21 heavy (non-hydrogen) atoms. The summed E-state index contributed by atoms with van der Waals surface area (Å²) in [5.41, 5.74) is 0.836. The predicted octanol–water partition coefficient (Wildman–Crippen LogP) is 2.67. The van der Waals surface area contributed by atoms with Crippen LogP contribution in [0.4, 0.5) is 5.82 Å². The molecule has 0 amide bonds. The number of nitrogens with zero attached hydrogens (tertiary/aromatic N) is 3. The molecule has 5 nitrogen and oxygen atoms in total. The molecule has 1 aliphatic rings. The van der Waals surface area contributed by atoms with Gasteiger partial charge in [-0.15, -0.1) is 0 Å². The molecule has 0 unspecified atom stereocenters. The first-order valence-corrected chi connectivity index (χ1v) is 7.32. The molecule has 3 rings (SSSR count). The van der Waals surface area contributed by atoms with Gasteiger partial charge < -0.3 is 9.64 Å². The van der Waals surface area contributed by atoms with Crippen LogP contribution >= 0.6 is 11.6 Å². The number of fused-ring (bicyclic) bond motifs is 1. The molecule has 0 atom stereocenters. The zero-order valence-electron chi connectivity index (χ0n) is 11.8. The van der Waals surface area contributed by atoms with Crippen LogP contribution < -0.4 is 4.90 Å². The van der Waals surface area contributed by atoms with Crippen molar-refractivity contribution in [1.82, 2.24) is 9.97 Å². The number of halogens is 1. The Balaban J connectivity index is 1.87. The summed E-state index contributed by atoms with van der Waals surface area (Å²) >= 11 is 6.02. The average Bonchev–Trinajstić information content (AvgIpc) is 2.53. The highest BCUT2D eigenvalue weighted by molar-refractivity contribution is 6.28. The Kier molecular flexibility index (Phi) is 3.92. The Labute approximate surface area is 127 Å². The minimum absolute atomic E-state index is 0.0187. The Morgan fingerprint density at radius 3 is 2.71 bits per heavy atom. The number of benzene rings is 1. The van der Waals surface area contributed by atoms with E-state index in [1.165, 1.54) is 7.11 Å². The van der Waals surface area contributed by atoms with Gasteiger partial charge in [0.2, 0.25) is 5.28 Å². The number of anilines is 1. The summed E-state index contributed by atoms with van der Waals surface area (Å²) in [7, 11) is 1.44. The van der Waals surface area contributed by atoms with Crippen LogP contribution in [-0.2, 0) is 9.53 Å². The molecule has 0 saturated carbocycles. The van der Waals surface area contributed by atoms with Crippen LogP contribution in [0.5, 0.6) is 0 Å². The van der Waals surface area contributed by atoms with E-state index in [1.54, 1.807) is 0 Å². The van der Waals surface area contributed by atoms with Gasteiger partial charge in [0, 0.05) is 18.5 Å². The number of ether oxygens (including phenoxy) is 1. The van der Waals surface area contributed by atoms with Gasteiger partial charge in [-0.2, -0.15) is 4.98 Å². The molecule has 1 saturated heterocycles. The van der Waals surface area contributed by atoms with Crippen molar-refractivity contribution in [3.63, 3.8) is 0 Å². The van der Waals surface area contributed by atoms with E-state index in [4.69, 9.17) is 16.3 Å². The Morgan fingerprint density at radius 2 is 2.00 bits per heavy atom. The average molecular weight is 306 g/mol. The first kappa shape index (κ1) is 14.1. The van der Waals surface area contributed by atoms with Crippen molar-refractivity contribution in [2.45, 2.75) is 12.8 Å². The molecule has 0 aliphatic carbocycles. The smallest absolute Gasteiger partial charge is 0.308 e. The Hall–Kier alpha value is -1.88. The van der Waals surface area contributed by atoms with Gasteiger partial charge >= 0.3 is 5.97 Å². The maximum atomic E-state index is 11.6. The largest absolute Gasteiger partial charge is 0.469 e. The van der Waals surface area contributed by atoms with E-state index in [1.807, 2.05) is 24.3 Å². The summed E-state index contributed by atoms with van der Waals surface area (Å²) in [4.78, 5) is 22.4. The van der Waals surface area contributed by atoms with Crippen molar-refractivity contribution in [3.05, 3.63) is 29.5 Å². The zero-order valence-corrected chi connectivity index (χ0v) is 12.5. The van der Waals surface area contributed by atoms with Crippen LogP contribution in [0, 0.1) is 5.92 Å². The van der Waals surface area contributed by atoms with E-state index >= 15 is 0 Å². The number of para-hydroxylation sites is 1. The molecule has 0 bridgehead atoms. The Bertz CT molecular complexity index is 669. The number of aromatic nitrogens is 2. The van der Waals surface area contributed by atoms with Gasteiger partial charge in [0.25, 0.3) is 0 Å². The molecule has 1 aliphatic heterocycles. The van der Waals surface area contributed by atoms with Crippen LogP contribution in [0.1, 0.15) is 12.8 Å². The lowest BCUT2D eigenvalue weighted by Crippen LogP contribution is -2.37. The molecule has 0 radical (unpaired) electrons. The molecule has 2 heterocycles. The summed E-state index contributed by atoms with van der Waals surface area (Å²) in [5.74, 6) is 0.698. The molecular weight excluding hydrogens is 290 g/mol. The van der Waals surface area contributed by atoms with Gasteiger partial charge in [0.15, 0.2) is 0 Å². The zero-order chi connectivity index (χ0) is 14.8. The van der Waals surface area contributed by atoms with Crippen LogP contribution in [0.15, 0.2) is 24.3 Å². The summed E-state index contributed by atoms with van der Waals surface area (Å²) in [6.45, 7) is 1.52. The summed E-state index contributed by atoms with van der Waals surface area (Å²) in [5, 5.41) is 1.23. The van der Waals surface area contributed by atoms with Crippen molar-refractivity contribution in [2.24, 2.45) is 5.92 Å². The highest BCUT2D eigenvalue weighted by atomic mass is 35.5. The van der Waals surface area contributed by atoms with E-state index in [0.29, 0.717) is 0 Å². The van der Waals surface area contributed by atoms with Crippen molar-refractivity contribution in [2.75, 3.05) is 25.1 Å². The first-order valence-electron chi connectivity index (χ1n) is 6.94. The van der Waals surface area contributed by atoms with Gasteiger partial charge in [-0.25, -0.2) is 4.98 Å². The third-order valence-corrected chi connectivity index (χ3v) is 4.05. The lowest BCUT2D eigenvalue weighted by Gasteiger charge is -2.32. The van der Waals surface area contributed by atoms with E-state index in [0.717, 1.165) is 42.7 Å². The maximum absolute atomic E-state index is 11.6. The summed E-state index contributed by atoms with van der Waals surface area (Å²) < 4.78 is 4.82. The van der Waals surface area contributed by atoms with Crippen molar-refractivity contribution < 1.29 is 9.53 Å². The molecule has 2 aromatic rings. The normalized spacial score (nSPS) is 16.2. The van der Waals surface area contributed by atoms with Gasteiger partial charge in [-0.3, -0.25) is 4.79 Å². The second-order valence-electron chi connectivity index (χ2n) is 5.12. The second kappa shape index (κ2) is 5.85. The molecule has 0 N–H and O–H groups in total. The summed E-state index contributed by atoms with van der Waals surface area (Å²) in [6, 6.07) is 7.81. The first-order chi connectivity index (χ1) is 10.2. The van der Waals surface area contributed by atoms with E-state index in [9.17, 15) is 4.79 Å². The fourth-order valence-corrected chi connectivity index (χ4v) is 2.94. The SMILES string of the molecule is COC(=O)C1CCN(c2nc(Cl)nc3ccccc23)CC1. The number of carbonyl (C=O) groups is 1. The molecule has 6 heteroatoms. The van der Waals surface area contributed by atoms with Gasteiger partial charge in [-0.05, 0) is 36.6 Å². The molecule has 0 spiro atoms. The number of hydrogen-bond acceptors (Lipinski definition) is 5. The number of esters is 1. The highest BCUT2D eigenvalue weighted by Gasteiger charge is 2.27. The molecule has 1 aromatic heterocycles. The third kappa shape index (κ3) is 2.78. The second-order valence-corrected chi connectivity index (χ2v) is 5.46.